The van der Waals surface area contributed by atoms with Crippen molar-refractivity contribution in [1.29, 1.82) is 0 Å². The first-order valence-corrected chi connectivity index (χ1v) is 13.4. The highest BCUT2D eigenvalue weighted by Crippen LogP contribution is 2.34. The molecule has 1 aliphatic rings. The van der Waals surface area contributed by atoms with Gasteiger partial charge < -0.3 is 5.32 Å². The van der Waals surface area contributed by atoms with Gasteiger partial charge in [-0.25, -0.2) is 8.42 Å². The molecule has 0 saturated carbocycles. The average molecular weight is 521 g/mol. The van der Waals surface area contributed by atoms with Crippen molar-refractivity contribution >= 4 is 56.6 Å². The molecular weight excluding hydrogens is 499 g/mol. The number of piperidine rings is 1. The third-order valence-electron chi connectivity index (χ3n) is 5.38. The molecule has 3 aromatic rings. The summed E-state index contributed by atoms with van der Waals surface area (Å²) in [7, 11) is -3.87. The molecule has 1 N–H and O–H groups in total. The van der Waals surface area contributed by atoms with Crippen LogP contribution in [0, 0.1) is 5.92 Å². The van der Waals surface area contributed by atoms with Gasteiger partial charge in [0.25, 0.3) is 0 Å². The number of para-hydroxylation sites is 1. The molecule has 1 heterocycles. The predicted octanol–water partition coefficient (Wildman–Crippen LogP) is 6.18. The molecule has 0 aliphatic carbocycles. The van der Waals surface area contributed by atoms with E-state index in [0.717, 1.165) is 9.79 Å². The Hall–Kier alpha value is -2.03. The van der Waals surface area contributed by atoms with Crippen LogP contribution in [0.4, 0.5) is 5.69 Å². The molecule has 0 radical (unpaired) electrons. The highest BCUT2D eigenvalue weighted by molar-refractivity contribution is 7.99. The summed E-state index contributed by atoms with van der Waals surface area (Å²) >= 11 is 13.7. The molecule has 0 bridgehead atoms. The molecule has 1 fully saturated rings. The van der Waals surface area contributed by atoms with E-state index in [0.29, 0.717) is 25.1 Å². The van der Waals surface area contributed by atoms with Crippen molar-refractivity contribution in [3.05, 3.63) is 82.8 Å². The van der Waals surface area contributed by atoms with Gasteiger partial charge in [-0.15, -0.1) is 0 Å². The van der Waals surface area contributed by atoms with E-state index < -0.39 is 15.9 Å². The minimum absolute atomic E-state index is 0.0395. The third kappa shape index (κ3) is 5.73. The lowest BCUT2D eigenvalue weighted by molar-refractivity contribution is -0.120. The lowest BCUT2D eigenvalue weighted by Gasteiger charge is -2.31. The van der Waals surface area contributed by atoms with E-state index in [4.69, 9.17) is 23.2 Å². The number of sulfonamides is 1. The zero-order chi connectivity index (χ0) is 23.4. The second-order valence-corrected chi connectivity index (χ2v) is 11.5. The second kappa shape index (κ2) is 10.5. The van der Waals surface area contributed by atoms with E-state index in [2.05, 4.69) is 5.32 Å². The van der Waals surface area contributed by atoms with Crippen molar-refractivity contribution in [2.45, 2.75) is 27.5 Å². The lowest BCUT2D eigenvalue weighted by Crippen LogP contribution is -2.43. The van der Waals surface area contributed by atoms with E-state index in [1.807, 2.05) is 54.6 Å². The van der Waals surface area contributed by atoms with Crippen LogP contribution in [-0.4, -0.2) is 31.7 Å². The topological polar surface area (TPSA) is 66.5 Å². The Bertz CT molecular complexity index is 1250. The van der Waals surface area contributed by atoms with Crippen molar-refractivity contribution in [1.82, 2.24) is 4.31 Å². The predicted molar refractivity (Wildman–Crippen MR) is 134 cm³/mol. The molecule has 5 nitrogen and oxygen atoms in total. The van der Waals surface area contributed by atoms with Crippen molar-refractivity contribution in [3.63, 3.8) is 0 Å². The number of carbonyl (C=O) groups excluding carboxylic acids is 1. The first kappa shape index (κ1) is 24.1. The smallest absolute Gasteiger partial charge is 0.244 e. The minimum atomic E-state index is -3.87. The summed E-state index contributed by atoms with van der Waals surface area (Å²) in [5.41, 5.74) is 0.703. The molecule has 4 rings (SSSR count). The summed E-state index contributed by atoms with van der Waals surface area (Å²) in [4.78, 5) is 15.1. The van der Waals surface area contributed by atoms with Crippen molar-refractivity contribution < 1.29 is 13.2 Å². The molecule has 0 spiro atoms. The number of nitrogens with one attached hydrogen (secondary N) is 1. The van der Waals surface area contributed by atoms with Gasteiger partial charge in [-0.05, 0) is 55.3 Å². The first-order chi connectivity index (χ1) is 15.8. The lowest BCUT2D eigenvalue weighted by atomic mass is 9.99. The Kier molecular flexibility index (Phi) is 7.66. The molecule has 3 aromatic carbocycles. The van der Waals surface area contributed by atoms with Crippen LogP contribution < -0.4 is 5.32 Å². The van der Waals surface area contributed by atoms with Crippen LogP contribution in [0.2, 0.25) is 10.0 Å². The van der Waals surface area contributed by atoms with Crippen LogP contribution in [0.1, 0.15) is 12.8 Å². The average Bonchev–Trinajstić information content (AvgIpc) is 2.82. The molecule has 1 aliphatic heterocycles. The Balaban J connectivity index is 1.49. The number of amides is 1. The summed E-state index contributed by atoms with van der Waals surface area (Å²) < 4.78 is 27.7. The molecule has 0 unspecified atom stereocenters. The third-order valence-corrected chi connectivity index (χ3v) is 9.05. The van der Waals surface area contributed by atoms with Crippen LogP contribution in [0.25, 0.3) is 0 Å². The fourth-order valence-corrected chi connectivity index (χ4v) is 6.88. The number of nitrogens with zero attached hydrogens (tertiary/aromatic N) is 1. The quantitative estimate of drug-likeness (QED) is 0.421. The van der Waals surface area contributed by atoms with E-state index in [1.165, 1.54) is 16.4 Å². The van der Waals surface area contributed by atoms with Gasteiger partial charge in [-0.3, -0.25) is 4.79 Å². The van der Waals surface area contributed by atoms with E-state index in [-0.39, 0.29) is 27.4 Å². The maximum absolute atomic E-state index is 13.2. The molecule has 0 aromatic heterocycles. The second-order valence-electron chi connectivity index (χ2n) is 7.68. The van der Waals surface area contributed by atoms with Gasteiger partial charge in [0, 0.05) is 27.9 Å². The molecule has 1 amide bonds. The number of halogens is 2. The molecule has 172 valence electrons. The summed E-state index contributed by atoms with van der Waals surface area (Å²) in [5.74, 6) is -0.672. The maximum Gasteiger partial charge on any atom is 0.244 e. The zero-order valence-corrected chi connectivity index (χ0v) is 20.7. The van der Waals surface area contributed by atoms with Crippen molar-refractivity contribution in [2.75, 3.05) is 18.4 Å². The first-order valence-electron chi connectivity index (χ1n) is 10.4. The molecular formula is C24H22Cl2N2O3S2. The summed E-state index contributed by atoms with van der Waals surface area (Å²) in [6.45, 7) is 0.417. The highest BCUT2D eigenvalue weighted by atomic mass is 35.5. The number of hydrogen-bond acceptors (Lipinski definition) is 4. The Labute approximate surface area is 208 Å². The highest BCUT2D eigenvalue weighted by Gasteiger charge is 2.34. The van der Waals surface area contributed by atoms with Gasteiger partial charge in [-0.2, -0.15) is 4.31 Å². The largest absolute Gasteiger partial charge is 0.325 e. The van der Waals surface area contributed by atoms with Gasteiger partial charge in [0.2, 0.25) is 15.9 Å². The molecule has 9 heteroatoms. The maximum atomic E-state index is 13.2. The van der Waals surface area contributed by atoms with Gasteiger partial charge in [0.1, 0.15) is 4.90 Å². The number of benzene rings is 3. The summed E-state index contributed by atoms with van der Waals surface area (Å²) in [6.07, 6.45) is 1.19. The van der Waals surface area contributed by atoms with Crippen LogP contribution in [0.3, 0.4) is 0 Å². The Morgan fingerprint density at radius 3 is 2.52 bits per heavy atom. The van der Waals surface area contributed by atoms with Gasteiger partial charge in [-0.1, -0.05) is 65.3 Å². The van der Waals surface area contributed by atoms with Gasteiger partial charge in [0.15, 0.2) is 0 Å². The standard InChI is InChI=1S/C24H22Cl2N2O3S2/c25-18-12-13-20(26)23(15-18)33(30,31)28-14-6-7-17(16-28)24(29)27-21-10-4-5-11-22(21)32-19-8-2-1-3-9-19/h1-5,8-13,15,17H,6-7,14,16H2,(H,27,29)/t17-/m1/s1. The van der Waals surface area contributed by atoms with Gasteiger partial charge >= 0.3 is 0 Å². The van der Waals surface area contributed by atoms with E-state index in [1.54, 1.807) is 17.8 Å². The molecule has 1 saturated heterocycles. The van der Waals surface area contributed by atoms with Crippen LogP contribution in [0.15, 0.2) is 87.5 Å². The van der Waals surface area contributed by atoms with Crippen LogP contribution in [0.5, 0.6) is 0 Å². The minimum Gasteiger partial charge on any atom is -0.325 e. The number of rotatable bonds is 6. The summed E-state index contributed by atoms with van der Waals surface area (Å²) in [6, 6.07) is 21.8. The number of anilines is 1. The monoisotopic (exact) mass is 520 g/mol. The molecule has 33 heavy (non-hydrogen) atoms. The molecule has 1 atom stereocenters. The SMILES string of the molecule is O=C(Nc1ccccc1Sc1ccccc1)[C@@H]1CCCN(S(=O)(=O)c2cc(Cl)ccc2Cl)C1. The van der Waals surface area contributed by atoms with Crippen LogP contribution in [-0.2, 0) is 14.8 Å². The fourth-order valence-electron chi connectivity index (χ4n) is 3.70. The fraction of sp³-hybridized carbons (Fsp3) is 0.208. The van der Waals surface area contributed by atoms with E-state index in [9.17, 15) is 13.2 Å². The summed E-state index contributed by atoms with van der Waals surface area (Å²) in [5, 5.41) is 3.40. The Morgan fingerprint density at radius 2 is 1.73 bits per heavy atom. The van der Waals surface area contributed by atoms with Crippen LogP contribution >= 0.6 is 35.0 Å². The normalized spacial score (nSPS) is 17.0. The zero-order valence-electron chi connectivity index (χ0n) is 17.6. The number of hydrogen-bond donors (Lipinski definition) is 1. The Morgan fingerprint density at radius 1 is 1.00 bits per heavy atom. The van der Waals surface area contributed by atoms with Crippen molar-refractivity contribution in [3.8, 4) is 0 Å². The van der Waals surface area contributed by atoms with Crippen molar-refractivity contribution in [2.24, 2.45) is 5.92 Å². The number of carbonyl (C=O) groups is 1. The van der Waals surface area contributed by atoms with E-state index >= 15 is 0 Å². The van der Waals surface area contributed by atoms with Gasteiger partial charge in [0.05, 0.1) is 16.6 Å².